The van der Waals surface area contributed by atoms with Gasteiger partial charge < -0.3 is 15.4 Å². The molecule has 0 aromatic heterocycles. The number of carbonyl (C=O) groups is 2. The quantitative estimate of drug-likeness (QED) is 0.706. The Kier molecular flexibility index (Phi) is 6.45. The van der Waals surface area contributed by atoms with Gasteiger partial charge in [-0.3, -0.25) is 9.59 Å². The molecular formula is C18H32N2O3. The number of amides is 2. The van der Waals surface area contributed by atoms with Crippen LogP contribution in [0.5, 0.6) is 0 Å². The Morgan fingerprint density at radius 2 is 1.87 bits per heavy atom. The summed E-state index contributed by atoms with van der Waals surface area (Å²) in [5, 5.41) is 5.94. The van der Waals surface area contributed by atoms with Crippen LogP contribution in [0.1, 0.15) is 59.3 Å². The molecule has 2 N–H and O–H groups in total. The molecule has 2 atom stereocenters. The van der Waals surface area contributed by atoms with E-state index in [0.29, 0.717) is 31.8 Å². The van der Waals surface area contributed by atoms with Crippen molar-refractivity contribution in [2.45, 2.75) is 65.4 Å². The minimum Gasteiger partial charge on any atom is -0.377 e. The average molecular weight is 324 g/mol. The lowest BCUT2D eigenvalue weighted by Gasteiger charge is -2.40. The third kappa shape index (κ3) is 6.13. The van der Waals surface area contributed by atoms with E-state index < -0.39 is 0 Å². The van der Waals surface area contributed by atoms with Crippen molar-refractivity contribution >= 4 is 11.8 Å². The van der Waals surface area contributed by atoms with Crippen molar-refractivity contribution in [2.75, 3.05) is 19.7 Å². The Balaban J connectivity index is 1.61. The van der Waals surface area contributed by atoms with Crippen LogP contribution in [0, 0.1) is 17.3 Å². The Labute approximate surface area is 139 Å². The van der Waals surface area contributed by atoms with Gasteiger partial charge in [-0.15, -0.1) is 0 Å². The van der Waals surface area contributed by atoms with E-state index in [4.69, 9.17) is 4.74 Å². The molecule has 2 amide bonds. The number of hydrogen-bond acceptors (Lipinski definition) is 3. The molecule has 5 nitrogen and oxygen atoms in total. The molecular weight excluding hydrogens is 292 g/mol. The fourth-order valence-corrected chi connectivity index (χ4v) is 3.29. The van der Waals surface area contributed by atoms with Gasteiger partial charge in [-0.25, -0.2) is 0 Å². The van der Waals surface area contributed by atoms with Crippen LogP contribution in [-0.2, 0) is 14.3 Å². The average Bonchev–Trinajstić information content (AvgIpc) is 3.33. The van der Waals surface area contributed by atoms with Gasteiger partial charge in [-0.2, -0.15) is 0 Å². The summed E-state index contributed by atoms with van der Waals surface area (Å²) in [5.74, 6) is 0.855. The molecule has 0 radical (unpaired) electrons. The largest absolute Gasteiger partial charge is 0.377 e. The topological polar surface area (TPSA) is 67.4 Å². The lowest BCUT2D eigenvalue weighted by Crippen LogP contribution is -2.45. The van der Waals surface area contributed by atoms with Gasteiger partial charge in [-0.05, 0) is 37.5 Å². The highest BCUT2D eigenvalue weighted by atomic mass is 16.5. The van der Waals surface area contributed by atoms with Crippen LogP contribution in [0.15, 0.2) is 0 Å². The van der Waals surface area contributed by atoms with Crippen molar-refractivity contribution < 1.29 is 14.3 Å². The Hall–Kier alpha value is -1.10. The van der Waals surface area contributed by atoms with E-state index in [1.807, 2.05) is 0 Å². The lowest BCUT2D eigenvalue weighted by molar-refractivity contribution is -0.124. The number of nitrogens with one attached hydrogen (secondary N) is 2. The number of carbonyl (C=O) groups excluding carboxylic acids is 2. The molecule has 1 aliphatic carbocycles. The highest BCUT2D eigenvalue weighted by Gasteiger charge is 2.35. The van der Waals surface area contributed by atoms with Crippen LogP contribution in [0.25, 0.3) is 0 Å². The van der Waals surface area contributed by atoms with Gasteiger partial charge in [0.2, 0.25) is 11.8 Å². The number of ether oxygens (including phenoxy) is 1. The molecule has 1 heterocycles. The fraction of sp³-hybridized carbons (Fsp3) is 0.889. The first-order chi connectivity index (χ1) is 10.9. The zero-order chi connectivity index (χ0) is 16.9. The predicted molar refractivity (Wildman–Crippen MR) is 89.9 cm³/mol. The summed E-state index contributed by atoms with van der Waals surface area (Å²) in [4.78, 5) is 23.5. The smallest absolute Gasteiger partial charge is 0.223 e. The van der Waals surface area contributed by atoms with Crippen molar-refractivity contribution in [2.24, 2.45) is 17.3 Å². The summed E-state index contributed by atoms with van der Waals surface area (Å²) in [7, 11) is 0. The number of rotatable bonds is 7. The highest BCUT2D eigenvalue weighted by molar-refractivity contribution is 5.81. The highest BCUT2D eigenvalue weighted by Crippen LogP contribution is 2.33. The lowest BCUT2D eigenvalue weighted by atomic mass is 9.78. The second kappa shape index (κ2) is 8.13. The van der Waals surface area contributed by atoms with Crippen molar-refractivity contribution in [3.63, 3.8) is 0 Å². The molecule has 0 aromatic rings. The zero-order valence-corrected chi connectivity index (χ0v) is 14.8. The monoisotopic (exact) mass is 324 g/mol. The standard InChI is InChI=1S/C18H32N2O3/c1-18(2,3)16-14(6-5-11-23-16)12-20-15(21)7-4-10-19-17(22)13-8-9-13/h13-14,16H,4-12H2,1-3H3,(H,19,22)(H,20,21)/t14-,16-/m1/s1. The first kappa shape index (κ1) is 18.2. The molecule has 1 saturated heterocycles. The van der Waals surface area contributed by atoms with E-state index in [1.54, 1.807) is 0 Å². The summed E-state index contributed by atoms with van der Waals surface area (Å²) in [6.45, 7) is 8.70. The summed E-state index contributed by atoms with van der Waals surface area (Å²) in [6.07, 6.45) is 5.59. The molecule has 0 bridgehead atoms. The van der Waals surface area contributed by atoms with Crippen molar-refractivity contribution in [3.05, 3.63) is 0 Å². The Morgan fingerprint density at radius 1 is 1.13 bits per heavy atom. The molecule has 2 rings (SSSR count). The van der Waals surface area contributed by atoms with Crippen LogP contribution in [-0.4, -0.2) is 37.6 Å². The molecule has 2 fully saturated rings. The van der Waals surface area contributed by atoms with Crippen molar-refractivity contribution in [3.8, 4) is 0 Å². The van der Waals surface area contributed by atoms with Gasteiger partial charge in [0, 0.05) is 38.0 Å². The SMILES string of the molecule is CC(C)(C)[C@@H]1OCCC[C@@H]1CNC(=O)CCCNC(=O)C1CC1. The van der Waals surface area contributed by atoms with Crippen molar-refractivity contribution in [1.29, 1.82) is 0 Å². The van der Waals surface area contributed by atoms with E-state index in [0.717, 1.165) is 32.3 Å². The molecule has 0 spiro atoms. The van der Waals surface area contributed by atoms with E-state index in [2.05, 4.69) is 31.4 Å². The van der Waals surface area contributed by atoms with Gasteiger partial charge in [0.1, 0.15) is 0 Å². The van der Waals surface area contributed by atoms with Gasteiger partial charge in [0.05, 0.1) is 6.10 Å². The second-order valence-corrected chi connectivity index (χ2v) is 8.03. The van der Waals surface area contributed by atoms with Gasteiger partial charge in [-0.1, -0.05) is 20.8 Å². The summed E-state index contributed by atoms with van der Waals surface area (Å²) in [5.41, 5.74) is 0.100. The Bertz CT molecular complexity index is 413. The van der Waals surface area contributed by atoms with Crippen LogP contribution >= 0.6 is 0 Å². The first-order valence-electron chi connectivity index (χ1n) is 9.04. The number of hydrogen-bond donors (Lipinski definition) is 2. The maximum atomic E-state index is 12.0. The van der Waals surface area contributed by atoms with E-state index in [9.17, 15) is 9.59 Å². The van der Waals surface area contributed by atoms with Crippen LogP contribution in [0.3, 0.4) is 0 Å². The third-order valence-corrected chi connectivity index (χ3v) is 4.69. The molecule has 0 aromatic carbocycles. The fourth-order valence-electron chi connectivity index (χ4n) is 3.29. The maximum Gasteiger partial charge on any atom is 0.223 e. The van der Waals surface area contributed by atoms with E-state index >= 15 is 0 Å². The molecule has 132 valence electrons. The van der Waals surface area contributed by atoms with Gasteiger partial charge in [0.15, 0.2) is 0 Å². The second-order valence-electron chi connectivity index (χ2n) is 8.03. The molecule has 1 saturated carbocycles. The molecule has 23 heavy (non-hydrogen) atoms. The van der Waals surface area contributed by atoms with E-state index in [1.165, 1.54) is 0 Å². The van der Waals surface area contributed by atoms with Crippen LogP contribution < -0.4 is 10.6 Å². The maximum absolute atomic E-state index is 12.0. The van der Waals surface area contributed by atoms with Crippen LogP contribution in [0.2, 0.25) is 0 Å². The summed E-state index contributed by atoms with van der Waals surface area (Å²) < 4.78 is 5.94. The molecule has 2 aliphatic rings. The zero-order valence-electron chi connectivity index (χ0n) is 14.8. The van der Waals surface area contributed by atoms with Crippen LogP contribution in [0.4, 0.5) is 0 Å². The Morgan fingerprint density at radius 3 is 2.52 bits per heavy atom. The van der Waals surface area contributed by atoms with E-state index in [-0.39, 0.29) is 29.3 Å². The first-order valence-corrected chi connectivity index (χ1v) is 9.04. The van der Waals surface area contributed by atoms with Gasteiger partial charge in [0.25, 0.3) is 0 Å². The molecule has 1 aliphatic heterocycles. The third-order valence-electron chi connectivity index (χ3n) is 4.69. The normalized spacial score (nSPS) is 25.0. The molecule has 0 unspecified atom stereocenters. The minimum absolute atomic E-state index is 0.0731. The summed E-state index contributed by atoms with van der Waals surface area (Å²) in [6, 6.07) is 0. The van der Waals surface area contributed by atoms with Gasteiger partial charge >= 0.3 is 0 Å². The summed E-state index contributed by atoms with van der Waals surface area (Å²) >= 11 is 0. The molecule has 5 heteroatoms. The predicted octanol–water partition coefficient (Wildman–Crippen LogP) is 2.25. The van der Waals surface area contributed by atoms with Crippen molar-refractivity contribution in [1.82, 2.24) is 10.6 Å². The minimum atomic E-state index is 0.0731.